The van der Waals surface area contributed by atoms with Crippen molar-refractivity contribution in [3.05, 3.63) is 0 Å². The number of aliphatic carboxylic acids is 2. The first kappa shape index (κ1) is 13.8. The van der Waals surface area contributed by atoms with E-state index < -0.39 is 30.3 Å². The highest BCUT2D eigenvalue weighted by Crippen LogP contribution is 2.08. The van der Waals surface area contributed by atoms with Gasteiger partial charge < -0.3 is 25.5 Å². The Labute approximate surface area is 85.6 Å². The third kappa shape index (κ3) is 5.31. The molecule has 88 valence electrons. The Hall–Kier alpha value is -1.18. The summed E-state index contributed by atoms with van der Waals surface area (Å²) in [6, 6.07) is 0. The van der Waals surface area contributed by atoms with E-state index in [1.165, 1.54) is 0 Å². The standard InChI is InChI=1S/C8H14O7/c9-4(2-1-3-5(10)11)6(12)7(13)8(14)15/h4,6-7,9,12-13H,1-3H2,(H,10,11)(H,14,15). The molecule has 0 amide bonds. The molecule has 0 bridgehead atoms. The van der Waals surface area contributed by atoms with Crippen molar-refractivity contribution < 1.29 is 35.1 Å². The van der Waals surface area contributed by atoms with Gasteiger partial charge in [0.05, 0.1) is 6.10 Å². The topological polar surface area (TPSA) is 135 Å². The van der Waals surface area contributed by atoms with Crippen LogP contribution in [0.3, 0.4) is 0 Å². The molecule has 0 heterocycles. The summed E-state index contributed by atoms with van der Waals surface area (Å²) in [6.07, 6.45) is -5.50. The summed E-state index contributed by atoms with van der Waals surface area (Å²) < 4.78 is 0. The third-order valence-electron chi connectivity index (χ3n) is 1.86. The lowest BCUT2D eigenvalue weighted by Gasteiger charge is -2.19. The molecule has 0 aromatic carbocycles. The summed E-state index contributed by atoms with van der Waals surface area (Å²) in [4.78, 5) is 20.3. The number of carbonyl (C=O) groups is 2. The van der Waals surface area contributed by atoms with Crippen LogP contribution in [-0.4, -0.2) is 55.8 Å². The minimum Gasteiger partial charge on any atom is -0.481 e. The van der Waals surface area contributed by atoms with Gasteiger partial charge in [-0.1, -0.05) is 0 Å². The molecule has 3 atom stereocenters. The number of carboxylic acids is 2. The van der Waals surface area contributed by atoms with Crippen molar-refractivity contribution in [3.8, 4) is 0 Å². The van der Waals surface area contributed by atoms with Crippen molar-refractivity contribution in [1.82, 2.24) is 0 Å². The van der Waals surface area contributed by atoms with Crippen LogP contribution in [0.1, 0.15) is 19.3 Å². The Morgan fingerprint density at radius 2 is 1.60 bits per heavy atom. The Morgan fingerprint density at radius 1 is 1.07 bits per heavy atom. The Morgan fingerprint density at radius 3 is 2.00 bits per heavy atom. The second-order valence-electron chi connectivity index (χ2n) is 3.13. The molecule has 0 fully saturated rings. The van der Waals surface area contributed by atoms with Gasteiger partial charge in [-0.05, 0) is 12.8 Å². The zero-order chi connectivity index (χ0) is 12.0. The molecule has 0 aliphatic rings. The maximum absolute atomic E-state index is 10.2. The van der Waals surface area contributed by atoms with Crippen molar-refractivity contribution >= 4 is 11.9 Å². The first-order chi connectivity index (χ1) is 6.86. The van der Waals surface area contributed by atoms with E-state index in [0.29, 0.717) is 0 Å². The molecule has 0 aliphatic carbocycles. The molecule has 7 nitrogen and oxygen atoms in total. The average molecular weight is 222 g/mol. The van der Waals surface area contributed by atoms with Crippen molar-refractivity contribution in [3.63, 3.8) is 0 Å². The van der Waals surface area contributed by atoms with Gasteiger partial charge in [-0.25, -0.2) is 4.79 Å². The molecule has 0 radical (unpaired) electrons. The lowest BCUT2D eigenvalue weighted by Crippen LogP contribution is -2.42. The van der Waals surface area contributed by atoms with Crippen LogP contribution in [0.4, 0.5) is 0 Å². The summed E-state index contributed by atoms with van der Waals surface area (Å²) in [6.45, 7) is 0. The van der Waals surface area contributed by atoms with Crippen LogP contribution in [0, 0.1) is 0 Å². The smallest absolute Gasteiger partial charge is 0.335 e. The van der Waals surface area contributed by atoms with Crippen LogP contribution < -0.4 is 0 Å². The highest BCUT2D eigenvalue weighted by molar-refractivity contribution is 5.72. The van der Waals surface area contributed by atoms with E-state index in [4.69, 9.17) is 20.4 Å². The summed E-state index contributed by atoms with van der Waals surface area (Å²) in [7, 11) is 0. The first-order valence-electron chi connectivity index (χ1n) is 4.35. The summed E-state index contributed by atoms with van der Waals surface area (Å²) >= 11 is 0. The van der Waals surface area contributed by atoms with E-state index in [0.717, 1.165) is 0 Å². The third-order valence-corrected chi connectivity index (χ3v) is 1.86. The second-order valence-corrected chi connectivity index (χ2v) is 3.13. The highest BCUT2D eigenvalue weighted by Gasteiger charge is 2.29. The number of aliphatic hydroxyl groups excluding tert-OH is 3. The van der Waals surface area contributed by atoms with E-state index in [1.807, 2.05) is 0 Å². The average Bonchev–Trinajstić information content (AvgIpc) is 2.14. The maximum Gasteiger partial charge on any atom is 0.335 e. The number of aliphatic hydroxyl groups is 3. The zero-order valence-electron chi connectivity index (χ0n) is 7.91. The van der Waals surface area contributed by atoms with Crippen molar-refractivity contribution in [1.29, 1.82) is 0 Å². The normalized spacial score (nSPS) is 16.7. The summed E-state index contributed by atoms with van der Waals surface area (Å²) in [5.74, 6) is -2.68. The predicted molar refractivity (Wildman–Crippen MR) is 47.1 cm³/mol. The van der Waals surface area contributed by atoms with E-state index in [9.17, 15) is 14.7 Å². The summed E-state index contributed by atoms with van der Waals surface area (Å²) in [5.41, 5.74) is 0. The van der Waals surface area contributed by atoms with Gasteiger partial charge in [0, 0.05) is 6.42 Å². The Balaban J connectivity index is 3.93. The molecule has 7 heteroatoms. The lowest BCUT2D eigenvalue weighted by atomic mass is 10.0. The van der Waals surface area contributed by atoms with Gasteiger partial charge in [0.2, 0.25) is 0 Å². The Kier molecular flexibility index (Phi) is 5.83. The maximum atomic E-state index is 10.2. The fraction of sp³-hybridized carbons (Fsp3) is 0.750. The fourth-order valence-corrected chi connectivity index (χ4v) is 0.990. The molecule has 15 heavy (non-hydrogen) atoms. The SMILES string of the molecule is O=C(O)CCCC(O)C(O)C(O)C(=O)O. The van der Waals surface area contributed by atoms with Crippen molar-refractivity contribution in [2.45, 2.75) is 37.6 Å². The minimum atomic E-state index is -2.06. The van der Waals surface area contributed by atoms with Gasteiger partial charge in [0.25, 0.3) is 0 Å². The molecule has 0 saturated heterocycles. The molecule has 0 aromatic heterocycles. The van der Waals surface area contributed by atoms with Crippen LogP contribution >= 0.6 is 0 Å². The van der Waals surface area contributed by atoms with Crippen LogP contribution in [0.5, 0.6) is 0 Å². The molecule has 0 rings (SSSR count). The number of hydrogen-bond acceptors (Lipinski definition) is 5. The molecular weight excluding hydrogens is 208 g/mol. The second kappa shape index (κ2) is 6.33. The van der Waals surface area contributed by atoms with E-state index >= 15 is 0 Å². The highest BCUT2D eigenvalue weighted by atomic mass is 16.4. The predicted octanol–water partition coefficient (Wildman–Crippen LogP) is -1.59. The molecule has 0 aromatic rings. The zero-order valence-corrected chi connectivity index (χ0v) is 7.91. The number of carboxylic acid groups (broad SMARTS) is 2. The van der Waals surface area contributed by atoms with Crippen molar-refractivity contribution in [2.24, 2.45) is 0 Å². The number of hydrogen-bond donors (Lipinski definition) is 5. The van der Waals surface area contributed by atoms with Gasteiger partial charge in [-0.15, -0.1) is 0 Å². The van der Waals surface area contributed by atoms with Crippen LogP contribution in [0.25, 0.3) is 0 Å². The van der Waals surface area contributed by atoms with Gasteiger partial charge in [0.15, 0.2) is 6.10 Å². The van der Waals surface area contributed by atoms with Crippen molar-refractivity contribution in [2.75, 3.05) is 0 Å². The summed E-state index contributed by atoms with van der Waals surface area (Å²) in [5, 5.41) is 43.7. The van der Waals surface area contributed by atoms with E-state index in [-0.39, 0.29) is 19.3 Å². The van der Waals surface area contributed by atoms with Crippen LogP contribution in [0.2, 0.25) is 0 Å². The minimum absolute atomic E-state index is 0.0855. The molecule has 3 unspecified atom stereocenters. The lowest BCUT2D eigenvalue weighted by molar-refractivity contribution is -0.158. The van der Waals surface area contributed by atoms with Gasteiger partial charge in [0.1, 0.15) is 6.10 Å². The quantitative estimate of drug-likeness (QED) is 0.350. The molecule has 0 aliphatic heterocycles. The monoisotopic (exact) mass is 222 g/mol. The molecule has 0 spiro atoms. The first-order valence-corrected chi connectivity index (χ1v) is 4.35. The van der Waals surface area contributed by atoms with Crippen LogP contribution in [0.15, 0.2) is 0 Å². The molecule has 5 N–H and O–H groups in total. The molecular formula is C8H14O7. The van der Waals surface area contributed by atoms with E-state index in [1.54, 1.807) is 0 Å². The molecule has 0 saturated carbocycles. The van der Waals surface area contributed by atoms with E-state index in [2.05, 4.69) is 0 Å². The largest absolute Gasteiger partial charge is 0.481 e. The van der Waals surface area contributed by atoms with Gasteiger partial charge in [-0.3, -0.25) is 4.79 Å². The fourth-order valence-electron chi connectivity index (χ4n) is 0.990. The number of rotatable bonds is 7. The van der Waals surface area contributed by atoms with Gasteiger partial charge >= 0.3 is 11.9 Å². The van der Waals surface area contributed by atoms with Crippen LogP contribution in [-0.2, 0) is 9.59 Å². The van der Waals surface area contributed by atoms with Gasteiger partial charge in [-0.2, -0.15) is 0 Å². The Bertz CT molecular complexity index is 227.